The Morgan fingerprint density at radius 1 is 1.67 bits per heavy atom. The molecule has 2 rings (SSSR count). The van der Waals surface area contributed by atoms with Gasteiger partial charge in [0.05, 0.1) is 0 Å². The van der Waals surface area contributed by atoms with Crippen molar-refractivity contribution in [2.45, 2.75) is 45.7 Å². The lowest BCUT2D eigenvalue weighted by molar-refractivity contribution is 0.524. The first kappa shape index (κ1) is 10.7. The molecule has 3 nitrogen and oxygen atoms in total. The zero-order chi connectivity index (χ0) is 10.8. The quantitative estimate of drug-likeness (QED) is 0.800. The minimum atomic E-state index is 0.304. The highest BCUT2D eigenvalue weighted by molar-refractivity contribution is 5.00. The summed E-state index contributed by atoms with van der Waals surface area (Å²) < 4.78 is 2.23. The molecule has 1 fully saturated rings. The smallest absolute Gasteiger partial charge is 0.110 e. The molecule has 1 aromatic rings. The third-order valence-corrected chi connectivity index (χ3v) is 3.41. The minimum Gasteiger partial charge on any atom is -0.335 e. The van der Waals surface area contributed by atoms with E-state index in [0.717, 1.165) is 37.0 Å². The summed E-state index contributed by atoms with van der Waals surface area (Å²) in [5.41, 5.74) is 6.17. The number of hydrogen-bond donors (Lipinski definition) is 1. The molecule has 0 saturated heterocycles. The van der Waals surface area contributed by atoms with E-state index < -0.39 is 0 Å². The number of rotatable bonds is 5. The molecule has 1 saturated carbocycles. The normalized spacial score (nSPS) is 26.6. The monoisotopic (exact) mass is 207 g/mol. The third kappa shape index (κ3) is 2.40. The number of nitrogens with two attached hydrogens (primary N) is 1. The second-order valence-electron chi connectivity index (χ2n) is 4.78. The first-order chi connectivity index (χ1) is 7.22. The maximum Gasteiger partial charge on any atom is 0.110 e. The van der Waals surface area contributed by atoms with Crippen molar-refractivity contribution in [1.82, 2.24) is 9.55 Å². The van der Waals surface area contributed by atoms with Gasteiger partial charge in [0, 0.05) is 31.4 Å². The molecule has 0 aromatic carbocycles. The summed E-state index contributed by atoms with van der Waals surface area (Å²) in [5, 5.41) is 0. The number of aryl methyl sites for hydroxylation is 1. The third-order valence-electron chi connectivity index (χ3n) is 3.41. The van der Waals surface area contributed by atoms with Crippen LogP contribution < -0.4 is 5.73 Å². The van der Waals surface area contributed by atoms with E-state index in [1.54, 1.807) is 0 Å². The van der Waals surface area contributed by atoms with Gasteiger partial charge in [0.25, 0.3) is 0 Å². The maximum atomic E-state index is 6.17. The Bertz CT molecular complexity index is 318. The minimum absolute atomic E-state index is 0.304. The van der Waals surface area contributed by atoms with Gasteiger partial charge in [0.2, 0.25) is 0 Å². The molecule has 3 unspecified atom stereocenters. The van der Waals surface area contributed by atoms with Crippen LogP contribution in [-0.2, 0) is 13.0 Å². The Hall–Kier alpha value is -0.830. The van der Waals surface area contributed by atoms with Gasteiger partial charge in [0.15, 0.2) is 0 Å². The number of aromatic nitrogens is 2. The highest BCUT2D eigenvalue weighted by Crippen LogP contribution is 2.40. The molecule has 0 bridgehead atoms. The first-order valence-electron chi connectivity index (χ1n) is 5.98. The van der Waals surface area contributed by atoms with Crippen LogP contribution >= 0.6 is 0 Å². The molecule has 0 aliphatic heterocycles. The van der Waals surface area contributed by atoms with E-state index in [1.807, 2.05) is 6.20 Å². The predicted octanol–water partition coefficient (Wildman–Crippen LogP) is 1.82. The Labute approximate surface area is 91.7 Å². The summed E-state index contributed by atoms with van der Waals surface area (Å²) in [7, 11) is 0. The molecule has 1 aliphatic rings. The number of hydrogen-bond acceptors (Lipinski definition) is 2. The predicted molar refractivity (Wildman–Crippen MR) is 61.5 cm³/mol. The van der Waals surface area contributed by atoms with Crippen molar-refractivity contribution in [3.63, 3.8) is 0 Å². The van der Waals surface area contributed by atoms with Crippen LogP contribution in [0.4, 0.5) is 0 Å². The Balaban J connectivity index is 1.94. The Morgan fingerprint density at radius 3 is 3.00 bits per heavy atom. The Morgan fingerprint density at radius 2 is 2.40 bits per heavy atom. The van der Waals surface area contributed by atoms with Crippen LogP contribution in [0.2, 0.25) is 0 Å². The van der Waals surface area contributed by atoms with E-state index in [2.05, 4.69) is 29.6 Å². The largest absolute Gasteiger partial charge is 0.335 e. The summed E-state index contributed by atoms with van der Waals surface area (Å²) in [6.07, 6.45) is 7.33. The zero-order valence-electron chi connectivity index (χ0n) is 9.69. The summed E-state index contributed by atoms with van der Waals surface area (Å²) in [5.74, 6) is 2.72. The standard InChI is InChI=1S/C12H21N3/c1-3-5-15-6-4-14-12(15)8-11(13)10-7-9(10)2/h4,6,9-11H,3,5,7-8,13H2,1-2H3. The van der Waals surface area contributed by atoms with Gasteiger partial charge < -0.3 is 10.3 Å². The molecule has 2 N–H and O–H groups in total. The topological polar surface area (TPSA) is 43.8 Å². The highest BCUT2D eigenvalue weighted by atomic mass is 15.1. The van der Waals surface area contributed by atoms with Crippen LogP contribution in [0.3, 0.4) is 0 Å². The Kier molecular flexibility index (Phi) is 3.10. The average Bonchev–Trinajstić information content (AvgIpc) is 2.78. The number of imidazole rings is 1. The SMILES string of the molecule is CCCn1ccnc1CC(N)C1CC1C. The van der Waals surface area contributed by atoms with Gasteiger partial charge in [-0.15, -0.1) is 0 Å². The summed E-state index contributed by atoms with van der Waals surface area (Å²) in [4.78, 5) is 4.39. The first-order valence-corrected chi connectivity index (χ1v) is 5.98. The maximum absolute atomic E-state index is 6.17. The van der Waals surface area contributed by atoms with Crippen molar-refractivity contribution in [2.75, 3.05) is 0 Å². The van der Waals surface area contributed by atoms with Crippen molar-refractivity contribution in [3.05, 3.63) is 18.2 Å². The van der Waals surface area contributed by atoms with Crippen molar-refractivity contribution in [2.24, 2.45) is 17.6 Å². The summed E-state index contributed by atoms with van der Waals surface area (Å²) in [6.45, 7) is 5.53. The van der Waals surface area contributed by atoms with E-state index in [9.17, 15) is 0 Å². The van der Waals surface area contributed by atoms with Crippen LogP contribution in [-0.4, -0.2) is 15.6 Å². The second-order valence-corrected chi connectivity index (χ2v) is 4.78. The molecule has 0 amide bonds. The van der Waals surface area contributed by atoms with Crippen molar-refractivity contribution >= 4 is 0 Å². The molecule has 0 radical (unpaired) electrons. The van der Waals surface area contributed by atoms with Crippen LogP contribution in [0, 0.1) is 11.8 Å². The van der Waals surface area contributed by atoms with Crippen LogP contribution in [0.25, 0.3) is 0 Å². The van der Waals surface area contributed by atoms with E-state index in [4.69, 9.17) is 5.73 Å². The van der Waals surface area contributed by atoms with E-state index in [1.165, 1.54) is 6.42 Å². The summed E-state index contributed by atoms with van der Waals surface area (Å²) in [6, 6.07) is 0.304. The summed E-state index contributed by atoms with van der Waals surface area (Å²) >= 11 is 0. The molecule has 1 heterocycles. The fourth-order valence-electron chi connectivity index (χ4n) is 2.28. The van der Waals surface area contributed by atoms with Crippen LogP contribution in [0.5, 0.6) is 0 Å². The van der Waals surface area contributed by atoms with Crippen LogP contribution in [0.1, 0.15) is 32.5 Å². The average molecular weight is 207 g/mol. The molecule has 84 valence electrons. The molecular weight excluding hydrogens is 186 g/mol. The van der Waals surface area contributed by atoms with Crippen molar-refractivity contribution in [3.8, 4) is 0 Å². The fraction of sp³-hybridized carbons (Fsp3) is 0.750. The van der Waals surface area contributed by atoms with Gasteiger partial charge >= 0.3 is 0 Å². The molecule has 15 heavy (non-hydrogen) atoms. The lowest BCUT2D eigenvalue weighted by Crippen LogP contribution is -2.27. The van der Waals surface area contributed by atoms with Gasteiger partial charge in [0.1, 0.15) is 5.82 Å². The van der Waals surface area contributed by atoms with E-state index >= 15 is 0 Å². The van der Waals surface area contributed by atoms with Crippen molar-refractivity contribution < 1.29 is 0 Å². The van der Waals surface area contributed by atoms with Gasteiger partial charge in [-0.3, -0.25) is 0 Å². The molecule has 1 aliphatic carbocycles. The zero-order valence-corrected chi connectivity index (χ0v) is 9.69. The molecule has 3 heteroatoms. The lowest BCUT2D eigenvalue weighted by atomic mass is 10.1. The molecule has 3 atom stereocenters. The van der Waals surface area contributed by atoms with Gasteiger partial charge in [-0.05, 0) is 24.7 Å². The lowest BCUT2D eigenvalue weighted by Gasteiger charge is -2.12. The second kappa shape index (κ2) is 4.35. The molecular formula is C12H21N3. The van der Waals surface area contributed by atoms with Crippen molar-refractivity contribution in [1.29, 1.82) is 0 Å². The molecule has 1 aromatic heterocycles. The van der Waals surface area contributed by atoms with Gasteiger partial charge in [-0.1, -0.05) is 13.8 Å². The molecule has 0 spiro atoms. The van der Waals surface area contributed by atoms with Crippen LogP contribution in [0.15, 0.2) is 12.4 Å². The number of nitrogens with zero attached hydrogens (tertiary/aromatic N) is 2. The van der Waals surface area contributed by atoms with Gasteiger partial charge in [-0.25, -0.2) is 4.98 Å². The van der Waals surface area contributed by atoms with Gasteiger partial charge in [-0.2, -0.15) is 0 Å². The highest BCUT2D eigenvalue weighted by Gasteiger charge is 2.37. The van der Waals surface area contributed by atoms with E-state index in [0.29, 0.717) is 6.04 Å². The fourth-order valence-corrected chi connectivity index (χ4v) is 2.28. The van der Waals surface area contributed by atoms with E-state index in [-0.39, 0.29) is 0 Å².